The minimum absolute atomic E-state index is 0.0882. The van der Waals surface area contributed by atoms with E-state index in [1.165, 1.54) is 28.6 Å². The molecule has 1 aromatic carbocycles. The highest BCUT2D eigenvalue weighted by Crippen LogP contribution is 2.20. The molecule has 21 heavy (non-hydrogen) atoms. The van der Waals surface area contributed by atoms with Crippen molar-refractivity contribution in [3.63, 3.8) is 0 Å². The van der Waals surface area contributed by atoms with Gasteiger partial charge in [0.15, 0.2) is 0 Å². The Bertz CT molecular complexity index is 619. The summed E-state index contributed by atoms with van der Waals surface area (Å²) in [4.78, 5) is 12.3. The van der Waals surface area contributed by atoms with Crippen LogP contribution in [-0.4, -0.2) is 55.3 Å². The molecule has 1 saturated heterocycles. The van der Waals surface area contributed by atoms with Crippen molar-refractivity contribution in [2.45, 2.75) is 4.90 Å². The van der Waals surface area contributed by atoms with Gasteiger partial charge >= 0.3 is 0 Å². The molecule has 1 aliphatic rings. The summed E-state index contributed by atoms with van der Waals surface area (Å²) in [5.41, 5.74) is -0.121. The Morgan fingerprint density at radius 1 is 1.19 bits per heavy atom. The van der Waals surface area contributed by atoms with Gasteiger partial charge in [0.2, 0.25) is 10.0 Å². The first-order valence-corrected chi connectivity index (χ1v) is 7.97. The third kappa shape index (κ3) is 3.46. The van der Waals surface area contributed by atoms with Crippen molar-refractivity contribution in [3.05, 3.63) is 47.0 Å². The lowest BCUT2D eigenvalue weighted by Gasteiger charge is -2.33. The van der Waals surface area contributed by atoms with Crippen LogP contribution in [0.3, 0.4) is 0 Å². The van der Waals surface area contributed by atoms with E-state index in [9.17, 15) is 18.5 Å². The SMILES string of the molecule is C=CCN1CCN(S(=O)(=O)c2ccc([N+](=O)[O-])cc2)CC1. The zero-order chi connectivity index (χ0) is 15.5. The van der Waals surface area contributed by atoms with Crippen LogP contribution in [0.2, 0.25) is 0 Å². The van der Waals surface area contributed by atoms with Crippen LogP contribution in [-0.2, 0) is 10.0 Å². The fourth-order valence-electron chi connectivity index (χ4n) is 2.22. The number of sulfonamides is 1. The molecule has 0 radical (unpaired) electrons. The van der Waals surface area contributed by atoms with E-state index in [0.717, 1.165) is 6.54 Å². The van der Waals surface area contributed by atoms with Crippen LogP contribution in [0.1, 0.15) is 0 Å². The summed E-state index contributed by atoms with van der Waals surface area (Å²) < 4.78 is 26.3. The lowest BCUT2D eigenvalue weighted by atomic mass is 10.3. The van der Waals surface area contributed by atoms with Crippen LogP contribution in [0.25, 0.3) is 0 Å². The first kappa shape index (κ1) is 15.6. The molecule has 1 aromatic rings. The Hall–Kier alpha value is -1.77. The van der Waals surface area contributed by atoms with E-state index in [-0.39, 0.29) is 10.6 Å². The van der Waals surface area contributed by atoms with Gasteiger partial charge in [0, 0.05) is 44.9 Å². The molecule has 0 spiro atoms. The van der Waals surface area contributed by atoms with Gasteiger partial charge in [0.1, 0.15) is 0 Å². The standard InChI is InChI=1S/C13H17N3O4S/c1-2-7-14-8-10-15(11-9-14)21(19,20)13-5-3-12(4-6-13)16(17)18/h2-6H,1,7-11H2. The summed E-state index contributed by atoms with van der Waals surface area (Å²) in [6.45, 7) is 6.53. The molecule has 0 unspecified atom stereocenters. The van der Waals surface area contributed by atoms with Crippen molar-refractivity contribution in [1.82, 2.24) is 9.21 Å². The number of nitro groups is 1. The van der Waals surface area contributed by atoms with Crippen LogP contribution in [0, 0.1) is 10.1 Å². The van der Waals surface area contributed by atoms with Gasteiger partial charge in [-0.15, -0.1) is 6.58 Å². The monoisotopic (exact) mass is 311 g/mol. The van der Waals surface area contributed by atoms with E-state index in [0.29, 0.717) is 26.2 Å². The molecule has 0 aliphatic carbocycles. The topological polar surface area (TPSA) is 83.8 Å². The summed E-state index contributed by atoms with van der Waals surface area (Å²) in [5.74, 6) is 0. The minimum atomic E-state index is -3.58. The first-order valence-electron chi connectivity index (χ1n) is 6.53. The van der Waals surface area contributed by atoms with E-state index in [2.05, 4.69) is 11.5 Å². The molecule has 7 nitrogen and oxygen atoms in total. The van der Waals surface area contributed by atoms with Crippen molar-refractivity contribution in [2.75, 3.05) is 32.7 Å². The molecule has 2 rings (SSSR count). The number of nitrogens with zero attached hydrogens (tertiary/aromatic N) is 3. The fourth-order valence-corrected chi connectivity index (χ4v) is 3.65. The Balaban J connectivity index is 2.11. The zero-order valence-electron chi connectivity index (χ0n) is 11.5. The van der Waals surface area contributed by atoms with E-state index >= 15 is 0 Å². The maximum atomic E-state index is 12.5. The molecule has 114 valence electrons. The second kappa shape index (κ2) is 6.33. The smallest absolute Gasteiger partial charge is 0.269 e. The summed E-state index contributed by atoms with van der Waals surface area (Å²) >= 11 is 0. The number of nitro benzene ring substituents is 1. The van der Waals surface area contributed by atoms with E-state index in [1.807, 2.05) is 0 Å². The molecule has 1 fully saturated rings. The van der Waals surface area contributed by atoms with Crippen molar-refractivity contribution in [1.29, 1.82) is 0 Å². The lowest BCUT2D eigenvalue weighted by molar-refractivity contribution is -0.384. The third-order valence-electron chi connectivity index (χ3n) is 3.40. The Labute approximate surface area is 123 Å². The highest BCUT2D eigenvalue weighted by Gasteiger charge is 2.28. The zero-order valence-corrected chi connectivity index (χ0v) is 12.3. The average Bonchev–Trinajstić information content (AvgIpc) is 2.48. The van der Waals surface area contributed by atoms with Gasteiger partial charge in [-0.2, -0.15) is 4.31 Å². The van der Waals surface area contributed by atoms with E-state index in [4.69, 9.17) is 0 Å². The molecular formula is C13H17N3O4S. The van der Waals surface area contributed by atoms with Crippen LogP contribution in [0.4, 0.5) is 5.69 Å². The molecule has 1 aliphatic heterocycles. The Kier molecular flexibility index (Phi) is 4.71. The lowest BCUT2D eigenvalue weighted by Crippen LogP contribution is -2.48. The molecule has 0 bridgehead atoms. The summed E-state index contributed by atoms with van der Waals surface area (Å²) in [7, 11) is -3.58. The first-order chi connectivity index (χ1) is 9.95. The summed E-state index contributed by atoms with van der Waals surface area (Å²) in [6, 6.07) is 4.98. The van der Waals surface area contributed by atoms with Crippen LogP contribution in [0.5, 0.6) is 0 Å². The van der Waals surface area contributed by atoms with Crippen molar-refractivity contribution in [3.8, 4) is 0 Å². The molecule has 8 heteroatoms. The molecule has 1 heterocycles. The second-order valence-electron chi connectivity index (χ2n) is 4.74. The number of hydrogen-bond acceptors (Lipinski definition) is 5. The second-order valence-corrected chi connectivity index (χ2v) is 6.68. The van der Waals surface area contributed by atoms with Gasteiger partial charge < -0.3 is 0 Å². The van der Waals surface area contributed by atoms with Gasteiger partial charge in [-0.3, -0.25) is 15.0 Å². The minimum Gasteiger partial charge on any atom is -0.297 e. The maximum absolute atomic E-state index is 12.5. The van der Waals surface area contributed by atoms with Gasteiger partial charge in [0.05, 0.1) is 9.82 Å². The number of rotatable bonds is 5. The highest BCUT2D eigenvalue weighted by atomic mass is 32.2. The molecule has 0 N–H and O–H groups in total. The predicted molar refractivity (Wildman–Crippen MR) is 78.5 cm³/mol. The third-order valence-corrected chi connectivity index (χ3v) is 5.32. The van der Waals surface area contributed by atoms with E-state index < -0.39 is 14.9 Å². The van der Waals surface area contributed by atoms with Gasteiger partial charge in [-0.1, -0.05) is 6.08 Å². The quantitative estimate of drug-likeness (QED) is 0.462. The largest absolute Gasteiger partial charge is 0.297 e. The molecule has 0 saturated carbocycles. The van der Waals surface area contributed by atoms with Gasteiger partial charge in [0.25, 0.3) is 5.69 Å². The molecule has 0 atom stereocenters. The van der Waals surface area contributed by atoms with Crippen LogP contribution >= 0.6 is 0 Å². The van der Waals surface area contributed by atoms with Crippen molar-refractivity contribution in [2.24, 2.45) is 0 Å². The maximum Gasteiger partial charge on any atom is 0.269 e. The average molecular weight is 311 g/mol. The summed E-state index contributed by atoms with van der Waals surface area (Å²) in [6.07, 6.45) is 1.79. The Morgan fingerprint density at radius 2 is 1.76 bits per heavy atom. The molecular weight excluding hydrogens is 294 g/mol. The number of non-ortho nitro benzene ring substituents is 1. The molecule has 0 aromatic heterocycles. The summed E-state index contributed by atoms with van der Waals surface area (Å²) in [5, 5.41) is 10.6. The van der Waals surface area contributed by atoms with Crippen molar-refractivity contribution < 1.29 is 13.3 Å². The van der Waals surface area contributed by atoms with Gasteiger partial charge in [-0.25, -0.2) is 8.42 Å². The molecule has 0 amide bonds. The van der Waals surface area contributed by atoms with E-state index in [1.54, 1.807) is 6.08 Å². The van der Waals surface area contributed by atoms with Crippen LogP contribution < -0.4 is 0 Å². The fraction of sp³-hybridized carbons (Fsp3) is 0.385. The van der Waals surface area contributed by atoms with Gasteiger partial charge in [-0.05, 0) is 12.1 Å². The number of benzene rings is 1. The Morgan fingerprint density at radius 3 is 2.24 bits per heavy atom. The normalized spacial score (nSPS) is 17.5. The highest BCUT2D eigenvalue weighted by molar-refractivity contribution is 7.89. The van der Waals surface area contributed by atoms with Crippen LogP contribution in [0.15, 0.2) is 41.8 Å². The number of hydrogen-bond donors (Lipinski definition) is 0. The predicted octanol–water partition coefficient (Wildman–Crippen LogP) is 1.09. The van der Waals surface area contributed by atoms with Crippen molar-refractivity contribution >= 4 is 15.7 Å². The number of piperazine rings is 1.